The third kappa shape index (κ3) is 5.95. The summed E-state index contributed by atoms with van der Waals surface area (Å²) >= 11 is 0. The highest BCUT2D eigenvalue weighted by molar-refractivity contribution is 5.93. The van der Waals surface area contributed by atoms with Gasteiger partial charge in [0.2, 0.25) is 5.95 Å². The zero-order chi connectivity index (χ0) is 30.6. The Balaban J connectivity index is 1.97. The van der Waals surface area contributed by atoms with E-state index in [1.807, 2.05) is 0 Å². The highest BCUT2D eigenvalue weighted by atomic mass is 19.4. The monoisotopic (exact) mass is 585 g/mol. The number of aromatic nitrogens is 3. The highest BCUT2D eigenvalue weighted by Gasteiger charge is 2.41. The third-order valence-corrected chi connectivity index (χ3v) is 7.34. The molecule has 10 nitrogen and oxygen atoms in total. The molecule has 1 aromatic heterocycles. The summed E-state index contributed by atoms with van der Waals surface area (Å²) in [7, 11) is 1.18. The molecule has 1 unspecified atom stereocenters. The number of quaternary nitrogens is 1. The van der Waals surface area contributed by atoms with Crippen molar-refractivity contribution in [2.75, 3.05) is 31.7 Å². The minimum atomic E-state index is -4.62. The first kappa shape index (κ1) is 30.5. The Morgan fingerprint density at radius 1 is 1.24 bits per heavy atom. The number of unbranched alkanes of at least 4 members (excludes halogenated alkanes) is 1. The van der Waals surface area contributed by atoms with Crippen LogP contribution in [0.25, 0.3) is 0 Å². The van der Waals surface area contributed by atoms with E-state index in [9.17, 15) is 33.1 Å². The van der Waals surface area contributed by atoms with Gasteiger partial charge in [0, 0.05) is 16.9 Å². The lowest BCUT2D eigenvalue weighted by atomic mass is 9.89. The second-order valence-electron chi connectivity index (χ2n) is 10.0. The fourth-order valence-corrected chi connectivity index (χ4v) is 5.33. The van der Waals surface area contributed by atoms with Crippen LogP contribution >= 0.6 is 0 Å². The number of carbonyl (C=O) groups excluding carboxylic acids is 1. The zero-order valence-corrected chi connectivity index (χ0v) is 23.5. The van der Waals surface area contributed by atoms with Gasteiger partial charge in [-0.2, -0.15) is 18.4 Å². The van der Waals surface area contributed by atoms with Crippen LogP contribution in [0.1, 0.15) is 55.0 Å². The molecule has 0 radical (unpaired) electrons. The van der Waals surface area contributed by atoms with E-state index in [0.29, 0.717) is 29.8 Å². The van der Waals surface area contributed by atoms with Crippen molar-refractivity contribution in [2.24, 2.45) is 0 Å². The van der Waals surface area contributed by atoms with Crippen molar-refractivity contribution in [3.05, 3.63) is 86.5 Å². The summed E-state index contributed by atoms with van der Waals surface area (Å²) in [5.41, 5.74) is 0.241. The summed E-state index contributed by atoms with van der Waals surface area (Å²) in [5, 5.41) is 25.8. The number of aromatic amines is 1. The predicted molar refractivity (Wildman–Crippen MR) is 147 cm³/mol. The summed E-state index contributed by atoms with van der Waals surface area (Å²) in [4.78, 5) is 29.0. The number of aliphatic hydroxyl groups excluding tert-OH is 1. The van der Waals surface area contributed by atoms with Crippen molar-refractivity contribution in [2.45, 2.75) is 45.5 Å². The molecule has 2 heterocycles. The lowest BCUT2D eigenvalue weighted by Crippen LogP contribution is -3.11. The molecule has 0 bridgehead atoms. The molecule has 3 N–H and O–H groups in total. The number of hydrogen-bond acceptors (Lipinski definition) is 7. The first-order valence-electron chi connectivity index (χ1n) is 13.5. The molecule has 4 rings (SSSR count). The van der Waals surface area contributed by atoms with Crippen LogP contribution in [0, 0.1) is 11.3 Å². The topological polar surface area (TPSA) is 129 Å². The van der Waals surface area contributed by atoms with Crippen molar-refractivity contribution >= 4 is 17.6 Å². The molecule has 1 aliphatic rings. The molecule has 0 fully saturated rings. The lowest BCUT2D eigenvalue weighted by Gasteiger charge is -2.36. The van der Waals surface area contributed by atoms with Crippen LogP contribution in [0.2, 0.25) is 0 Å². The van der Waals surface area contributed by atoms with E-state index in [-0.39, 0.29) is 29.5 Å². The average Bonchev–Trinajstić information content (AvgIpc) is 3.35. The second-order valence-corrected chi connectivity index (χ2v) is 10.0. The number of carbonyl (C=O) groups is 1. The van der Waals surface area contributed by atoms with Crippen molar-refractivity contribution in [3.8, 4) is 6.07 Å². The van der Waals surface area contributed by atoms with Crippen LogP contribution in [0.3, 0.4) is 0 Å². The van der Waals surface area contributed by atoms with Gasteiger partial charge in [0.25, 0.3) is 0 Å². The van der Waals surface area contributed by atoms with Crippen molar-refractivity contribution in [3.63, 3.8) is 0 Å². The zero-order valence-electron chi connectivity index (χ0n) is 23.5. The van der Waals surface area contributed by atoms with Gasteiger partial charge in [-0.3, -0.25) is 4.90 Å². The quantitative estimate of drug-likeness (QED) is 0.312. The van der Waals surface area contributed by atoms with Crippen LogP contribution < -0.4 is 15.5 Å². The molecule has 0 saturated heterocycles. The number of nitrogens with zero attached hydrogens (tertiary/aromatic N) is 4. The number of benzene rings is 2. The third-order valence-electron chi connectivity index (χ3n) is 7.34. The molecule has 0 amide bonds. The molecular formula is C29H32F3N6O4+. The number of nitrogens with one attached hydrogen (secondary N) is 2. The lowest BCUT2D eigenvalue weighted by molar-refractivity contribution is -0.914. The minimum absolute atomic E-state index is 0.0182. The van der Waals surface area contributed by atoms with Gasteiger partial charge >= 0.3 is 17.8 Å². The van der Waals surface area contributed by atoms with E-state index < -0.39 is 29.4 Å². The molecule has 0 aliphatic carbocycles. The standard InChI is InChI=1S/C29H31F3N6O4/c1-4-5-11-36(12-13-39)17-20-14-19(16-33)9-10-23(20)25-24(26(40)42-3)18(2)37(27-34-35-28(41)38(25)27)22-8-6-7-21(15-22)29(30,31)32/h6-10,14-15,25,39H,4-5,11-13,17H2,1-3H3,(H,35,41)/p+1/t25-/m1/s1. The Morgan fingerprint density at radius 2 is 2.00 bits per heavy atom. The van der Waals surface area contributed by atoms with E-state index in [0.717, 1.165) is 36.4 Å². The van der Waals surface area contributed by atoms with Crippen LogP contribution in [-0.4, -0.2) is 52.6 Å². The number of rotatable bonds is 10. The van der Waals surface area contributed by atoms with E-state index >= 15 is 0 Å². The first-order valence-corrected chi connectivity index (χ1v) is 13.5. The maximum atomic E-state index is 13.6. The predicted octanol–water partition coefficient (Wildman–Crippen LogP) is 2.83. The van der Waals surface area contributed by atoms with Gasteiger partial charge in [0.05, 0.1) is 43.0 Å². The Bertz CT molecular complexity index is 1590. The van der Waals surface area contributed by atoms with Gasteiger partial charge in [-0.1, -0.05) is 25.5 Å². The number of H-pyrrole nitrogens is 1. The molecule has 42 heavy (non-hydrogen) atoms. The van der Waals surface area contributed by atoms with Gasteiger partial charge < -0.3 is 14.7 Å². The molecule has 13 heteroatoms. The maximum absolute atomic E-state index is 13.6. The van der Waals surface area contributed by atoms with E-state index in [2.05, 4.69) is 23.2 Å². The number of halogens is 3. The Morgan fingerprint density at radius 3 is 2.64 bits per heavy atom. The number of esters is 1. The van der Waals surface area contributed by atoms with E-state index in [4.69, 9.17) is 4.74 Å². The summed E-state index contributed by atoms with van der Waals surface area (Å²) in [6.45, 7) is 5.13. The summed E-state index contributed by atoms with van der Waals surface area (Å²) < 4.78 is 47.1. The molecule has 222 valence electrons. The number of alkyl halides is 3. The largest absolute Gasteiger partial charge is 0.466 e. The van der Waals surface area contributed by atoms with Gasteiger partial charge in [-0.15, -0.1) is 5.10 Å². The molecule has 0 saturated carbocycles. The summed E-state index contributed by atoms with van der Waals surface area (Å²) in [6.07, 6.45) is -2.79. The molecular weight excluding hydrogens is 553 g/mol. The van der Waals surface area contributed by atoms with Crippen LogP contribution in [0.15, 0.2) is 58.5 Å². The average molecular weight is 586 g/mol. The van der Waals surface area contributed by atoms with E-state index in [1.54, 1.807) is 25.1 Å². The number of nitriles is 1. The Hall–Kier alpha value is -4.41. The van der Waals surface area contributed by atoms with Gasteiger partial charge in [0.1, 0.15) is 19.1 Å². The van der Waals surface area contributed by atoms with Crippen LogP contribution in [0.4, 0.5) is 24.8 Å². The summed E-state index contributed by atoms with van der Waals surface area (Å²) in [6, 6.07) is 10.5. The van der Waals surface area contributed by atoms with Crippen molar-refractivity contribution in [1.82, 2.24) is 14.8 Å². The summed E-state index contributed by atoms with van der Waals surface area (Å²) in [5.74, 6) is -0.801. The SMILES string of the molecule is CCCC[NH+](CCO)Cc1cc(C#N)ccc1[C@@H]1C(C(=O)OC)=C(C)N(c2cccc(C(F)(F)F)c2)c2n[nH]c(=O)n21. The van der Waals surface area contributed by atoms with Gasteiger partial charge in [-0.05, 0) is 49.2 Å². The highest BCUT2D eigenvalue weighted by Crippen LogP contribution is 2.43. The Kier molecular flexibility index (Phi) is 9.18. The maximum Gasteiger partial charge on any atom is 0.416 e. The number of anilines is 2. The fourth-order valence-electron chi connectivity index (χ4n) is 5.33. The van der Waals surface area contributed by atoms with Crippen LogP contribution in [0.5, 0.6) is 0 Å². The first-order chi connectivity index (χ1) is 20.0. The molecule has 3 aromatic rings. The number of ether oxygens (including phenoxy) is 1. The Labute approximate surface area is 240 Å². The molecule has 1 aliphatic heterocycles. The molecule has 2 aromatic carbocycles. The van der Waals surface area contributed by atoms with Gasteiger partial charge in [0.15, 0.2) is 0 Å². The molecule has 0 spiro atoms. The number of fused-ring (bicyclic) bond motifs is 1. The molecule has 2 atom stereocenters. The second kappa shape index (κ2) is 12.6. The van der Waals surface area contributed by atoms with Crippen molar-refractivity contribution in [1.29, 1.82) is 5.26 Å². The normalized spacial score (nSPS) is 15.8. The number of hydrogen-bond donors (Lipinski definition) is 3. The number of methoxy groups -OCH3 is 1. The van der Waals surface area contributed by atoms with Crippen LogP contribution in [-0.2, 0) is 22.3 Å². The van der Waals surface area contributed by atoms with E-state index in [1.165, 1.54) is 28.7 Å². The van der Waals surface area contributed by atoms with Gasteiger partial charge in [-0.25, -0.2) is 19.3 Å². The minimum Gasteiger partial charge on any atom is -0.466 e. The number of aliphatic hydroxyl groups is 1. The van der Waals surface area contributed by atoms with Crippen molar-refractivity contribution < 1.29 is 32.7 Å². The number of allylic oxidation sites excluding steroid dienone is 1. The fraction of sp³-hybridized carbons (Fsp3) is 0.379. The smallest absolute Gasteiger partial charge is 0.416 e.